The number of rotatable bonds is 10. The molecule has 5 nitrogen and oxygen atoms in total. The Morgan fingerprint density at radius 3 is 2.26 bits per heavy atom. The number of nitrogens with two attached hydrogens (primary N) is 1. The van der Waals surface area contributed by atoms with Gasteiger partial charge in [0.1, 0.15) is 11.6 Å². The highest BCUT2D eigenvalue weighted by atomic mass is 19.1. The Hall–Kier alpha value is -4.20. The van der Waals surface area contributed by atoms with Crippen molar-refractivity contribution in [3.8, 4) is 11.1 Å². The summed E-state index contributed by atoms with van der Waals surface area (Å²) in [6, 6.07) is 27.8. The third-order valence-corrected chi connectivity index (χ3v) is 8.09. The molecule has 0 spiro atoms. The van der Waals surface area contributed by atoms with Gasteiger partial charge in [0.25, 0.3) is 5.91 Å². The molecule has 5 rings (SSSR count). The summed E-state index contributed by atoms with van der Waals surface area (Å²) in [6.07, 6.45) is 0.700. The van der Waals surface area contributed by atoms with Gasteiger partial charge in [-0.25, -0.2) is 8.78 Å². The third-order valence-electron chi connectivity index (χ3n) is 8.09. The molecule has 1 amide bonds. The summed E-state index contributed by atoms with van der Waals surface area (Å²) in [7, 11) is 0. The first-order chi connectivity index (χ1) is 20.8. The van der Waals surface area contributed by atoms with Gasteiger partial charge < -0.3 is 10.6 Å². The first kappa shape index (κ1) is 30.3. The largest absolute Gasteiger partial charge is 0.333 e. The van der Waals surface area contributed by atoms with Crippen molar-refractivity contribution in [2.75, 3.05) is 19.6 Å². The second-order valence-electron chi connectivity index (χ2n) is 11.6. The number of ketones is 1. The molecular formula is C36H37F2N3O2. The summed E-state index contributed by atoms with van der Waals surface area (Å²) in [5.74, 6) is -2.33. The SMILES string of the molecule is CC(C)CN(Cc1ccccc1-c1ccccc1)[C@@H]1C[C@@H](CN)N(C(=O)c2ccccc2C(=O)c2ccc(F)cc2F)C1. The first-order valence-electron chi connectivity index (χ1n) is 14.7. The van der Waals surface area contributed by atoms with Gasteiger partial charge in [-0.15, -0.1) is 0 Å². The molecule has 1 heterocycles. The molecule has 0 radical (unpaired) electrons. The van der Waals surface area contributed by atoms with Crippen molar-refractivity contribution in [1.29, 1.82) is 0 Å². The van der Waals surface area contributed by atoms with Gasteiger partial charge in [0.2, 0.25) is 0 Å². The van der Waals surface area contributed by atoms with E-state index in [4.69, 9.17) is 5.73 Å². The molecule has 0 aromatic heterocycles. The minimum Gasteiger partial charge on any atom is -0.333 e. The number of carbonyl (C=O) groups excluding carboxylic acids is 2. The quantitative estimate of drug-likeness (QED) is 0.215. The maximum atomic E-state index is 14.5. The number of likely N-dealkylation sites (tertiary alicyclic amines) is 1. The highest BCUT2D eigenvalue weighted by Crippen LogP contribution is 2.30. The smallest absolute Gasteiger partial charge is 0.254 e. The normalized spacial score (nSPS) is 16.7. The van der Waals surface area contributed by atoms with Crippen LogP contribution < -0.4 is 5.73 Å². The van der Waals surface area contributed by atoms with Crippen molar-refractivity contribution >= 4 is 11.7 Å². The fourth-order valence-electron chi connectivity index (χ4n) is 6.06. The Kier molecular flexibility index (Phi) is 9.43. The Morgan fingerprint density at radius 1 is 0.884 bits per heavy atom. The third kappa shape index (κ3) is 6.74. The second-order valence-corrected chi connectivity index (χ2v) is 11.6. The topological polar surface area (TPSA) is 66.6 Å². The Labute approximate surface area is 251 Å². The molecule has 1 saturated heterocycles. The second kappa shape index (κ2) is 13.4. The van der Waals surface area contributed by atoms with Gasteiger partial charge in [0.15, 0.2) is 5.78 Å². The van der Waals surface area contributed by atoms with E-state index in [1.165, 1.54) is 17.2 Å². The summed E-state index contributed by atoms with van der Waals surface area (Å²) in [6.45, 7) is 6.66. The fourth-order valence-corrected chi connectivity index (χ4v) is 6.06. The van der Waals surface area contributed by atoms with Gasteiger partial charge in [-0.1, -0.05) is 86.6 Å². The van der Waals surface area contributed by atoms with Crippen LogP contribution >= 0.6 is 0 Å². The molecule has 222 valence electrons. The fraction of sp³-hybridized carbons (Fsp3) is 0.278. The molecule has 1 aliphatic rings. The molecule has 1 aliphatic heterocycles. The zero-order chi connectivity index (χ0) is 30.5. The van der Waals surface area contributed by atoms with Crippen molar-refractivity contribution in [1.82, 2.24) is 9.80 Å². The van der Waals surface area contributed by atoms with E-state index < -0.39 is 17.4 Å². The van der Waals surface area contributed by atoms with Crippen LogP contribution in [-0.4, -0.2) is 53.2 Å². The van der Waals surface area contributed by atoms with Crippen LogP contribution in [-0.2, 0) is 6.54 Å². The van der Waals surface area contributed by atoms with Crippen molar-refractivity contribution < 1.29 is 18.4 Å². The molecule has 7 heteroatoms. The molecule has 2 N–H and O–H groups in total. The van der Waals surface area contributed by atoms with E-state index in [-0.39, 0.29) is 41.2 Å². The Balaban J connectivity index is 1.42. The van der Waals surface area contributed by atoms with Crippen molar-refractivity contribution in [3.63, 3.8) is 0 Å². The van der Waals surface area contributed by atoms with E-state index in [0.717, 1.165) is 24.2 Å². The molecule has 4 aromatic rings. The van der Waals surface area contributed by atoms with Gasteiger partial charge >= 0.3 is 0 Å². The first-order valence-corrected chi connectivity index (χ1v) is 14.7. The van der Waals surface area contributed by atoms with Crippen LogP contribution in [0.25, 0.3) is 11.1 Å². The lowest BCUT2D eigenvalue weighted by Gasteiger charge is -2.31. The average molecular weight is 582 g/mol. The summed E-state index contributed by atoms with van der Waals surface area (Å²) < 4.78 is 28.0. The van der Waals surface area contributed by atoms with Crippen molar-refractivity contribution in [2.45, 2.75) is 38.9 Å². The van der Waals surface area contributed by atoms with Crippen LogP contribution in [0.5, 0.6) is 0 Å². The van der Waals surface area contributed by atoms with Crippen molar-refractivity contribution in [2.24, 2.45) is 11.7 Å². The van der Waals surface area contributed by atoms with E-state index in [1.54, 1.807) is 23.1 Å². The lowest BCUT2D eigenvalue weighted by Crippen LogP contribution is -2.42. The van der Waals surface area contributed by atoms with E-state index >= 15 is 0 Å². The zero-order valence-corrected chi connectivity index (χ0v) is 24.5. The lowest BCUT2D eigenvalue weighted by molar-refractivity contribution is 0.0722. The Morgan fingerprint density at radius 2 is 1.56 bits per heavy atom. The molecule has 43 heavy (non-hydrogen) atoms. The van der Waals surface area contributed by atoms with E-state index in [1.807, 2.05) is 18.2 Å². The standard InChI is InChI=1S/C36H37F2N3O2/c1-24(2)21-40(22-26-12-6-7-13-30(26)25-10-4-3-5-11-25)29-19-28(20-39)41(23-29)36(43)32-15-9-8-14-31(32)35(42)33-17-16-27(37)18-34(33)38/h3-18,24,28-29H,19-23,39H2,1-2H3/t28-,29+/m0/s1. The maximum Gasteiger partial charge on any atom is 0.254 e. The highest BCUT2D eigenvalue weighted by molar-refractivity contribution is 6.15. The molecular weight excluding hydrogens is 544 g/mol. The molecule has 0 aliphatic carbocycles. The van der Waals surface area contributed by atoms with Crippen LogP contribution in [0, 0.1) is 17.6 Å². The molecule has 0 saturated carbocycles. The predicted octanol–water partition coefficient (Wildman–Crippen LogP) is 6.56. The monoisotopic (exact) mass is 581 g/mol. The number of benzene rings is 4. The van der Waals surface area contributed by atoms with Crippen molar-refractivity contribution in [3.05, 3.63) is 131 Å². The highest BCUT2D eigenvalue weighted by Gasteiger charge is 2.39. The predicted molar refractivity (Wildman–Crippen MR) is 166 cm³/mol. The molecule has 4 aromatic carbocycles. The molecule has 2 atom stereocenters. The lowest BCUT2D eigenvalue weighted by atomic mass is 9.97. The number of hydrogen-bond acceptors (Lipinski definition) is 4. The molecule has 1 fully saturated rings. The van der Waals surface area contributed by atoms with Gasteiger partial charge in [-0.05, 0) is 47.2 Å². The van der Waals surface area contributed by atoms with Crippen LogP contribution in [0.15, 0.2) is 97.1 Å². The van der Waals surface area contributed by atoms with E-state index in [0.29, 0.717) is 31.5 Å². The van der Waals surface area contributed by atoms with Crippen LogP contribution in [0.4, 0.5) is 8.78 Å². The van der Waals surface area contributed by atoms with E-state index in [9.17, 15) is 18.4 Å². The number of nitrogens with zero attached hydrogens (tertiary/aromatic N) is 2. The minimum atomic E-state index is -0.964. The van der Waals surface area contributed by atoms with Gasteiger partial charge in [-0.2, -0.15) is 0 Å². The number of halogens is 2. The van der Waals surface area contributed by atoms with Crippen LogP contribution in [0.1, 0.15) is 52.1 Å². The minimum absolute atomic E-state index is 0.0566. The Bertz CT molecular complexity index is 1590. The van der Waals surface area contributed by atoms with Gasteiger partial charge in [-0.3, -0.25) is 14.5 Å². The maximum absolute atomic E-state index is 14.5. The number of amides is 1. The number of hydrogen-bond donors (Lipinski definition) is 1. The van der Waals surface area contributed by atoms with E-state index in [2.05, 4.69) is 55.1 Å². The summed E-state index contributed by atoms with van der Waals surface area (Å²) in [5, 5.41) is 0. The number of carbonyl (C=O) groups is 2. The van der Waals surface area contributed by atoms with Gasteiger partial charge in [0, 0.05) is 49.9 Å². The van der Waals surface area contributed by atoms with Crippen LogP contribution in [0.3, 0.4) is 0 Å². The summed E-state index contributed by atoms with van der Waals surface area (Å²) in [4.78, 5) is 31.6. The zero-order valence-electron chi connectivity index (χ0n) is 24.5. The van der Waals surface area contributed by atoms with Crippen LogP contribution in [0.2, 0.25) is 0 Å². The van der Waals surface area contributed by atoms with Gasteiger partial charge in [0.05, 0.1) is 11.1 Å². The molecule has 0 unspecified atom stereocenters. The summed E-state index contributed by atoms with van der Waals surface area (Å²) in [5.41, 5.74) is 9.74. The molecule has 0 bridgehead atoms. The summed E-state index contributed by atoms with van der Waals surface area (Å²) >= 11 is 0. The average Bonchev–Trinajstić information content (AvgIpc) is 3.45.